The minimum atomic E-state index is 0.554. The lowest BCUT2D eigenvalue weighted by Crippen LogP contribution is -2.38. The van der Waals surface area contributed by atoms with Crippen LogP contribution in [0.4, 0.5) is 0 Å². The Morgan fingerprint density at radius 2 is 1.65 bits per heavy atom. The first-order valence-electron chi connectivity index (χ1n) is 7.57. The zero-order chi connectivity index (χ0) is 16.3. The summed E-state index contributed by atoms with van der Waals surface area (Å²) in [4.78, 5) is 4.19. The molecule has 2 N–H and O–H groups in total. The van der Waals surface area contributed by atoms with Gasteiger partial charge in [-0.25, -0.2) is 0 Å². The van der Waals surface area contributed by atoms with Crippen LogP contribution in [0.3, 0.4) is 0 Å². The van der Waals surface area contributed by atoms with Crippen molar-refractivity contribution in [3.63, 3.8) is 0 Å². The number of aliphatic imine (C=N–C) groups is 1. The fourth-order valence-electron chi connectivity index (χ4n) is 2.01. The molecule has 0 aliphatic carbocycles. The Hall–Kier alpha value is -2.69. The third kappa shape index (κ3) is 5.90. The normalized spacial score (nSPS) is 11.0. The van der Waals surface area contributed by atoms with Gasteiger partial charge in [-0.3, -0.25) is 4.99 Å². The van der Waals surface area contributed by atoms with Gasteiger partial charge < -0.3 is 20.1 Å². The van der Waals surface area contributed by atoms with Crippen LogP contribution < -0.4 is 20.1 Å². The van der Waals surface area contributed by atoms with Crippen LogP contribution >= 0.6 is 0 Å². The predicted molar refractivity (Wildman–Crippen MR) is 93.1 cm³/mol. The molecule has 0 saturated heterocycles. The van der Waals surface area contributed by atoms with Crippen molar-refractivity contribution in [3.05, 3.63) is 60.2 Å². The van der Waals surface area contributed by atoms with Gasteiger partial charge in [-0.05, 0) is 29.8 Å². The van der Waals surface area contributed by atoms with E-state index < -0.39 is 0 Å². The summed E-state index contributed by atoms with van der Waals surface area (Å²) in [6.07, 6.45) is 0. The number of hydrogen-bond acceptors (Lipinski definition) is 3. The van der Waals surface area contributed by atoms with Gasteiger partial charge in [0.2, 0.25) is 0 Å². The Labute approximate surface area is 137 Å². The number of ether oxygens (including phenoxy) is 2. The molecule has 2 aromatic rings. The minimum Gasteiger partial charge on any atom is -0.497 e. The summed E-state index contributed by atoms with van der Waals surface area (Å²) in [5.74, 6) is 2.40. The first-order chi connectivity index (χ1) is 11.3. The molecule has 5 heteroatoms. The van der Waals surface area contributed by atoms with E-state index in [-0.39, 0.29) is 0 Å². The average Bonchev–Trinajstić information content (AvgIpc) is 2.62. The smallest absolute Gasteiger partial charge is 0.191 e. The highest BCUT2D eigenvalue weighted by molar-refractivity contribution is 5.79. The summed E-state index contributed by atoms with van der Waals surface area (Å²) in [7, 11) is 3.40. The van der Waals surface area contributed by atoms with Gasteiger partial charge in [0.05, 0.1) is 13.7 Å². The number of benzene rings is 2. The van der Waals surface area contributed by atoms with Crippen molar-refractivity contribution < 1.29 is 9.47 Å². The van der Waals surface area contributed by atoms with Crippen LogP contribution in [0.5, 0.6) is 11.5 Å². The molecule has 0 amide bonds. The van der Waals surface area contributed by atoms with Gasteiger partial charge in [0, 0.05) is 13.6 Å². The van der Waals surface area contributed by atoms with E-state index >= 15 is 0 Å². The molecule has 5 nitrogen and oxygen atoms in total. The maximum absolute atomic E-state index is 5.66. The summed E-state index contributed by atoms with van der Waals surface area (Å²) in [5, 5.41) is 6.49. The number of nitrogens with one attached hydrogen (secondary N) is 2. The highest BCUT2D eigenvalue weighted by Gasteiger charge is 1.99. The van der Waals surface area contributed by atoms with E-state index in [9.17, 15) is 0 Å². The third-order valence-corrected chi connectivity index (χ3v) is 3.25. The van der Waals surface area contributed by atoms with Gasteiger partial charge in [-0.15, -0.1) is 0 Å². The molecule has 0 fully saturated rings. The minimum absolute atomic E-state index is 0.554. The SMILES string of the molecule is CN=C(NCCOc1ccc(OC)cc1)NCc1ccccc1. The third-order valence-electron chi connectivity index (χ3n) is 3.25. The lowest BCUT2D eigenvalue weighted by atomic mass is 10.2. The van der Waals surface area contributed by atoms with Crippen LogP contribution in [-0.4, -0.2) is 33.3 Å². The number of rotatable bonds is 7. The van der Waals surface area contributed by atoms with Crippen molar-refractivity contribution in [3.8, 4) is 11.5 Å². The Morgan fingerprint density at radius 1 is 0.957 bits per heavy atom. The monoisotopic (exact) mass is 313 g/mol. The van der Waals surface area contributed by atoms with Crippen LogP contribution in [0.1, 0.15) is 5.56 Å². The molecule has 0 bridgehead atoms. The second-order valence-corrected chi connectivity index (χ2v) is 4.86. The second kappa shape index (κ2) is 9.35. The first-order valence-corrected chi connectivity index (χ1v) is 7.57. The molecule has 0 spiro atoms. The van der Waals surface area contributed by atoms with E-state index in [1.54, 1.807) is 14.2 Å². The molecule has 0 atom stereocenters. The summed E-state index contributed by atoms with van der Waals surface area (Å²) >= 11 is 0. The maximum Gasteiger partial charge on any atom is 0.191 e. The molecule has 2 aromatic carbocycles. The fourth-order valence-corrected chi connectivity index (χ4v) is 2.01. The molecule has 0 radical (unpaired) electrons. The molecular weight excluding hydrogens is 290 g/mol. The topological polar surface area (TPSA) is 54.9 Å². The van der Waals surface area contributed by atoms with E-state index in [1.165, 1.54) is 5.56 Å². The van der Waals surface area contributed by atoms with Gasteiger partial charge >= 0.3 is 0 Å². The fraction of sp³-hybridized carbons (Fsp3) is 0.278. The number of methoxy groups -OCH3 is 1. The maximum atomic E-state index is 5.66. The predicted octanol–water partition coefficient (Wildman–Crippen LogP) is 2.44. The summed E-state index contributed by atoms with van der Waals surface area (Å²) in [6, 6.07) is 17.7. The molecule has 0 aliphatic heterocycles. The molecular formula is C18H23N3O2. The number of hydrogen-bond donors (Lipinski definition) is 2. The van der Waals surface area contributed by atoms with Crippen molar-refractivity contribution in [1.82, 2.24) is 10.6 Å². The van der Waals surface area contributed by atoms with Crippen molar-refractivity contribution in [1.29, 1.82) is 0 Å². The zero-order valence-electron chi connectivity index (χ0n) is 13.6. The molecule has 0 unspecified atom stereocenters. The molecule has 0 aliphatic rings. The summed E-state index contributed by atoms with van der Waals surface area (Å²) < 4.78 is 10.8. The van der Waals surface area contributed by atoms with Crippen LogP contribution in [0.2, 0.25) is 0 Å². The Kier molecular flexibility index (Phi) is 6.78. The van der Waals surface area contributed by atoms with E-state index in [2.05, 4.69) is 27.8 Å². The van der Waals surface area contributed by atoms with E-state index in [1.807, 2.05) is 42.5 Å². The standard InChI is InChI=1S/C18H23N3O2/c1-19-18(21-14-15-6-4-3-5-7-15)20-12-13-23-17-10-8-16(22-2)9-11-17/h3-11H,12-14H2,1-2H3,(H2,19,20,21). The average molecular weight is 313 g/mol. The Morgan fingerprint density at radius 3 is 2.30 bits per heavy atom. The first kappa shape index (κ1) is 16.7. The van der Waals surface area contributed by atoms with Crippen molar-refractivity contribution in [2.45, 2.75) is 6.54 Å². The molecule has 0 saturated carbocycles. The van der Waals surface area contributed by atoms with Crippen LogP contribution in [0.25, 0.3) is 0 Å². The highest BCUT2D eigenvalue weighted by atomic mass is 16.5. The van der Waals surface area contributed by atoms with Crippen molar-refractivity contribution in [2.75, 3.05) is 27.3 Å². The molecule has 0 heterocycles. The Bertz CT molecular complexity index is 597. The van der Waals surface area contributed by atoms with Gasteiger partial charge in [-0.1, -0.05) is 30.3 Å². The van der Waals surface area contributed by atoms with E-state index in [4.69, 9.17) is 9.47 Å². The lowest BCUT2D eigenvalue weighted by Gasteiger charge is -2.12. The largest absolute Gasteiger partial charge is 0.497 e. The molecule has 0 aromatic heterocycles. The Balaban J connectivity index is 1.67. The highest BCUT2D eigenvalue weighted by Crippen LogP contribution is 2.16. The number of guanidine groups is 1. The second-order valence-electron chi connectivity index (χ2n) is 4.86. The summed E-state index contributed by atoms with van der Waals surface area (Å²) in [5.41, 5.74) is 1.21. The number of nitrogens with zero attached hydrogens (tertiary/aromatic N) is 1. The summed E-state index contributed by atoms with van der Waals surface area (Å²) in [6.45, 7) is 1.96. The van der Waals surface area contributed by atoms with Crippen molar-refractivity contribution >= 4 is 5.96 Å². The molecule has 122 valence electrons. The van der Waals surface area contributed by atoms with Gasteiger partial charge in [0.15, 0.2) is 5.96 Å². The van der Waals surface area contributed by atoms with E-state index in [0.29, 0.717) is 13.2 Å². The van der Waals surface area contributed by atoms with Crippen LogP contribution in [-0.2, 0) is 6.54 Å². The van der Waals surface area contributed by atoms with Gasteiger partial charge in [0.25, 0.3) is 0 Å². The van der Waals surface area contributed by atoms with Gasteiger partial charge in [0.1, 0.15) is 18.1 Å². The van der Waals surface area contributed by atoms with Crippen LogP contribution in [0, 0.1) is 0 Å². The van der Waals surface area contributed by atoms with E-state index in [0.717, 1.165) is 24.0 Å². The van der Waals surface area contributed by atoms with Crippen LogP contribution in [0.15, 0.2) is 59.6 Å². The molecule has 23 heavy (non-hydrogen) atoms. The lowest BCUT2D eigenvalue weighted by molar-refractivity contribution is 0.321. The quantitative estimate of drug-likeness (QED) is 0.468. The zero-order valence-corrected chi connectivity index (χ0v) is 13.6. The molecule has 2 rings (SSSR count). The van der Waals surface area contributed by atoms with Gasteiger partial charge in [-0.2, -0.15) is 0 Å². The van der Waals surface area contributed by atoms with Crippen molar-refractivity contribution in [2.24, 2.45) is 4.99 Å².